The minimum absolute atomic E-state index is 0.0609. The van der Waals surface area contributed by atoms with E-state index in [2.05, 4.69) is 74.1 Å². The van der Waals surface area contributed by atoms with E-state index in [0.29, 0.717) is 23.4 Å². The monoisotopic (exact) mass is 544 g/mol. The molecule has 2 aromatic carbocycles. The molecule has 1 fully saturated rings. The van der Waals surface area contributed by atoms with Crippen molar-refractivity contribution in [1.29, 1.82) is 0 Å². The average Bonchev–Trinajstić information content (AvgIpc) is 3.41. The molecule has 2 heterocycles. The van der Waals surface area contributed by atoms with Crippen LogP contribution >= 0.6 is 11.9 Å². The number of rotatable bonds is 11. The fourth-order valence-electron chi connectivity index (χ4n) is 4.68. The normalized spacial score (nSPS) is 16.3. The van der Waals surface area contributed by atoms with Crippen LogP contribution in [-0.2, 0) is 13.1 Å². The molecule has 0 atom stereocenters. The highest BCUT2D eigenvalue weighted by atomic mass is 32.2. The molecule has 0 radical (unpaired) electrons. The Morgan fingerprint density at radius 3 is 2.34 bits per heavy atom. The van der Waals surface area contributed by atoms with Crippen molar-refractivity contribution in [3.05, 3.63) is 77.2 Å². The lowest BCUT2D eigenvalue weighted by Gasteiger charge is -2.36. The van der Waals surface area contributed by atoms with Crippen LogP contribution < -0.4 is 5.01 Å². The van der Waals surface area contributed by atoms with Gasteiger partial charge in [0.15, 0.2) is 0 Å². The van der Waals surface area contributed by atoms with E-state index in [9.17, 15) is 8.78 Å². The van der Waals surface area contributed by atoms with Gasteiger partial charge in [-0.25, -0.2) is 13.2 Å². The van der Waals surface area contributed by atoms with Gasteiger partial charge >= 0.3 is 0 Å². The Bertz CT molecular complexity index is 1170. The highest BCUT2D eigenvalue weighted by Crippen LogP contribution is 2.26. The zero-order valence-corrected chi connectivity index (χ0v) is 23.0. The third kappa shape index (κ3) is 6.78. The predicted molar refractivity (Wildman–Crippen MR) is 151 cm³/mol. The number of hydrazine groups is 1. The molecule has 0 aromatic heterocycles. The van der Waals surface area contributed by atoms with E-state index in [4.69, 9.17) is 0 Å². The predicted octanol–water partition coefficient (Wildman–Crippen LogP) is 5.81. The van der Waals surface area contributed by atoms with Crippen molar-refractivity contribution in [1.82, 2.24) is 14.2 Å². The van der Waals surface area contributed by atoms with Crippen LogP contribution in [0.4, 0.5) is 18.9 Å². The standard InChI is InChI=1S/C28H35F3N6S/c1-5-37(38-4)36(19-23-9-8-22(16-25(23)29)26-17-27(28(30)31)33-32-26)24-10-6-21(7-11-24)18-34-12-14-35(15-13-34)20(2)3/h6-11,16,28H,2,5,12-15,17-19H2,1,3-4H3. The summed E-state index contributed by atoms with van der Waals surface area (Å²) in [6, 6.07) is 13.2. The molecule has 10 heteroatoms. The topological polar surface area (TPSA) is 37.7 Å². The summed E-state index contributed by atoms with van der Waals surface area (Å²) >= 11 is 1.57. The maximum absolute atomic E-state index is 15.2. The number of anilines is 1. The lowest BCUT2D eigenvalue weighted by molar-refractivity contribution is 0.153. The van der Waals surface area contributed by atoms with Gasteiger partial charge in [0.1, 0.15) is 11.5 Å². The van der Waals surface area contributed by atoms with Gasteiger partial charge in [-0.15, -0.1) is 0 Å². The molecule has 6 nitrogen and oxygen atoms in total. The molecule has 1 saturated heterocycles. The van der Waals surface area contributed by atoms with Crippen molar-refractivity contribution >= 4 is 29.1 Å². The van der Waals surface area contributed by atoms with Crippen molar-refractivity contribution in [2.24, 2.45) is 10.2 Å². The smallest absolute Gasteiger partial charge is 0.278 e. The fraction of sp³-hybridized carbons (Fsp3) is 0.429. The molecule has 2 aliphatic rings. The second-order valence-corrected chi connectivity index (χ2v) is 10.3. The van der Waals surface area contributed by atoms with Crippen LogP contribution in [0.5, 0.6) is 0 Å². The van der Waals surface area contributed by atoms with Gasteiger partial charge in [0.2, 0.25) is 0 Å². The van der Waals surface area contributed by atoms with Crippen molar-refractivity contribution in [3.8, 4) is 0 Å². The highest BCUT2D eigenvalue weighted by Gasteiger charge is 2.23. The molecule has 0 N–H and O–H groups in total. The lowest BCUT2D eigenvalue weighted by Crippen LogP contribution is -2.44. The summed E-state index contributed by atoms with van der Waals surface area (Å²) in [6.07, 6.45) is -0.721. The molecule has 4 rings (SSSR count). The molecule has 0 aliphatic carbocycles. The van der Waals surface area contributed by atoms with Gasteiger partial charge in [0.05, 0.1) is 17.9 Å². The first-order valence-electron chi connectivity index (χ1n) is 12.8. The van der Waals surface area contributed by atoms with Crippen LogP contribution in [0.15, 0.2) is 64.9 Å². The summed E-state index contributed by atoms with van der Waals surface area (Å²) in [4.78, 5) is 4.77. The van der Waals surface area contributed by atoms with E-state index in [1.807, 2.05) is 6.26 Å². The average molecular weight is 545 g/mol. The molecule has 38 heavy (non-hydrogen) atoms. The van der Waals surface area contributed by atoms with Crippen molar-refractivity contribution in [3.63, 3.8) is 0 Å². The number of piperazine rings is 1. The van der Waals surface area contributed by atoms with Crippen LogP contribution in [0.1, 0.15) is 37.0 Å². The summed E-state index contributed by atoms with van der Waals surface area (Å²) in [6.45, 7) is 14.1. The summed E-state index contributed by atoms with van der Waals surface area (Å²) < 4.78 is 43.1. The largest absolute Gasteiger partial charge is 0.373 e. The van der Waals surface area contributed by atoms with E-state index in [1.54, 1.807) is 24.1 Å². The molecule has 204 valence electrons. The van der Waals surface area contributed by atoms with Gasteiger partial charge in [-0.2, -0.15) is 14.6 Å². The first kappa shape index (κ1) is 28.2. The number of allylic oxidation sites excluding steroid dienone is 1. The van der Waals surface area contributed by atoms with Gasteiger partial charge in [-0.3, -0.25) is 9.91 Å². The fourth-order valence-corrected chi connectivity index (χ4v) is 5.29. The van der Waals surface area contributed by atoms with Crippen LogP contribution in [0.2, 0.25) is 0 Å². The van der Waals surface area contributed by atoms with Gasteiger partial charge in [-0.1, -0.05) is 42.8 Å². The van der Waals surface area contributed by atoms with Crippen LogP contribution in [0.25, 0.3) is 0 Å². The van der Waals surface area contributed by atoms with Crippen molar-refractivity contribution in [2.75, 3.05) is 44.0 Å². The Morgan fingerprint density at radius 2 is 1.79 bits per heavy atom. The number of hydrogen-bond donors (Lipinski definition) is 0. The van der Waals surface area contributed by atoms with E-state index < -0.39 is 12.2 Å². The van der Waals surface area contributed by atoms with Gasteiger partial charge < -0.3 is 4.90 Å². The van der Waals surface area contributed by atoms with Crippen molar-refractivity contribution in [2.45, 2.75) is 39.8 Å². The maximum atomic E-state index is 15.2. The number of nitrogens with zero attached hydrogens (tertiary/aromatic N) is 6. The Hall–Kier alpha value is -2.82. The summed E-state index contributed by atoms with van der Waals surface area (Å²) in [7, 11) is 0. The second kappa shape index (κ2) is 12.8. The van der Waals surface area contributed by atoms with Crippen molar-refractivity contribution < 1.29 is 13.2 Å². The Balaban J connectivity index is 1.45. The molecule has 0 bridgehead atoms. The third-order valence-corrected chi connectivity index (χ3v) is 7.79. The van der Waals surface area contributed by atoms with E-state index >= 15 is 4.39 Å². The van der Waals surface area contributed by atoms with Crippen LogP contribution in [0, 0.1) is 5.82 Å². The van der Waals surface area contributed by atoms with Gasteiger partial charge in [0, 0.05) is 62.5 Å². The van der Waals surface area contributed by atoms with Gasteiger partial charge in [0.25, 0.3) is 6.43 Å². The molecule has 0 saturated carbocycles. The molecule has 0 amide bonds. The van der Waals surface area contributed by atoms with E-state index in [-0.39, 0.29) is 12.1 Å². The van der Waals surface area contributed by atoms with E-state index in [1.165, 1.54) is 11.6 Å². The Morgan fingerprint density at radius 1 is 1.08 bits per heavy atom. The van der Waals surface area contributed by atoms with Crippen LogP contribution in [0.3, 0.4) is 0 Å². The highest BCUT2D eigenvalue weighted by molar-refractivity contribution is 7.96. The SMILES string of the molecule is C=C(C)N1CCN(Cc2ccc(N(Cc3ccc(C4=NN=C(C(F)F)C4)cc3F)N(CC)SC)cc2)CC1. The molecule has 2 aromatic rings. The maximum Gasteiger partial charge on any atom is 0.278 e. The number of halogens is 3. The molecular weight excluding hydrogens is 509 g/mol. The quantitative estimate of drug-likeness (QED) is 0.264. The number of hydrogen-bond acceptors (Lipinski definition) is 7. The zero-order valence-electron chi connectivity index (χ0n) is 22.2. The van der Waals surface area contributed by atoms with Gasteiger partial charge in [-0.05, 0) is 43.9 Å². The number of alkyl halides is 2. The summed E-state index contributed by atoms with van der Waals surface area (Å²) in [5.41, 5.74) is 4.39. The second-order valence-electron chi connectivity index (χ2n) is 9.50. The molecular formula is C28H35F3N6S. The minimum Gasteiger partial charge on any atom is -0.373 e. The molecule has 0 spiro atoms. The summed E-state index contributed by atoms with van der Waals surface area (Å²) in [5.74, 6) is -0.400. The van der Waals surface area contributed by atoms with Crippen LogP contribution in [-0.4, -0.2) is 71.0 Å². The first-order valence-corrected chi connectivity index (χ1v) is 14.0. The Labute approximate surface area is 227 Å². The lowest BCUT2D eigenvalue weighted by atomic mass is 10.0. The minimum atomic E-state index is -2.65. The third-order valence-electron chi connectivity index (χ3n) is 6.91. The number of benzene rings is 2. The summed E-state index contributed by atoms with van der Waals surface area (Å²) in [5, 5.41) is 9.43. The first-order chi connectivity index (χ1) is 18.3. The zero-order chi connectivity index (χ0) is 27.2. The molecule has 0 unspecified atom stereocenters. The molecule has 2 aliphatic heterocycles. The van der Waals surface area contributed by atoms with E-state index in [0.717, 1.165) is 50.7 Å². The Kier molecular flexibility index (Phi) is 9.51.